The number of benzene rings is 1. The van der Waals surface area contributed by atoms with Crippen molar-refractivity contribution in [1.29, 1.82) is 0 Å². The summed E-state index contributed by atoms with van der Waals surface area (Å²) in [5.74, 6) is -0.0303. The van der Waals surface area contributed by atoms with Crippen molar-refractivity contribution in [2.75, 3.05) is 27.2 Å². The molecule has 0 saturated carbocycles. The lowest BCUT2D eigenvalue weighted by atomic mass is 10.2. The van der Waals surface area contributed by atoms with Gasteiger partial charge >= 0.3 is 0 Å². The minimum absolute atomic E-state index is 0.0303. The van der Waals surface area contributed by atoms with Crippen molar-refractivity contribution in [3.05, 3.63) is 42.0 Å². The number of likely N-dealkylation sites (tertiary alicyclic amines) is 1. The van der Waals surface area contributed by atoms with E-state index in [9.17, 15) is 9.90 Å². The Hall–Kier alpha value is -1.65. The van der Waals surface area contributed by atoms with Gasteiger partial charge in [0.15, 0.2) is 0 Å². The molecule has 20 heavy (non-hydrogen) atoms. The zero-order valence-electron chi connectivity index (χ0n) is 12.1. The zero-order chi connectivity index (χ0) is 14.5. The van der Waals surface area contributed by atoms with Crippen molar-refractivity contribution in [1.82, 2.24) is 9.80 Å². The van der Waals surface area contributed by atoms with Gasteiger partial charge in [0, 0.05) is 25.2 Å². The maximum absolute atomic E-state index is 12.3. The van der Waals surface area contributed by atoms with Crippen LogP contribution < -0.4 is 0 Å². The third kappa shape index (κ3) is 3.92. The molecule has 0 spiro atoms. The first-order chi connectivity index (χ1) is 9.56. The number of aliphatic hydroxyl groups is 1. The lowest BCUT2D eigenvalue weighted by Crippen LogP contribution is -2.40. The highest BCUT2D eigenvalue weighted by Gasteiger charge is 2.33. The van der Waals surface area contributed by atoms with Gasteiger partial charge in [0.25, 0.3) is 0 Å². The van der Waals surface area contributed by atoms with Gasteiger partial charge in [-0.2, -0.15) is 0 Å². The molecule has 1 N–H and O–H groups in total. The minimum atomic E-state index is -0.408. The van der Waals surface area contributed by atoms with E-state index < -0.39 is 6.10 Å². The van der Waals surface area contributed by atoms with Crippen LogP contribution in [0, 0.1) is 0 Å². The van der Waals surface area contributed by atoms with Gasteiger partial charge in [-0.3, -0.25) is 4.79 Å². The van der Waals surface area contributed by atoms with Crippen LogP contribution in [0.2, 0.25) is 0 Å². The Morgan fingerprint density at radius 2 is 2.10 bits per heavy atom. The smallest absolute Gasteiger partial charge is 0.246 e. The van der Waals surface area contributed by atoms with Crippen LogP contribution in [-0.2, 0) is 4.79 Å². The van der Waals surface area contributed by atoms with Gasteiger partial charge in [-0.25, -0.2) is 0 Å². The van der Waals surface area contributed by atoms with Gasteiger partial charge in [-0.1, -0.05) is 30.3 Å². The van der Waals surface area contributed by atoms with Crippen LogP contribution in [0.5, 0.6) is 0 Å². The fraction of sp³-hybridized carbons (Fsp3) is 0.438. The Balaban J connectivity index is 2.02. The number of hydrogen-bond donors (Lipinski definition) is 1. The van der Waals surface area contributed by atoms with Crippen molar-refractivity contribution >= 4 is 12.0 Å². The fourth-order valence-corrected chi connectivity index (χ4v) is 2.58. The number of β-amino-alcohol motifs (C(OH)–C–C–N with tert-alkyl or cyclic N) is 1. The molecule has 0 bridgehead atoms. The SMILES string of the molecule is CN(C)CC1CC(O)CN1C(=O)C=Cc1ccccc1. The predicted molar refractivity (Wildman–Crippen MR) is 80.2 cm³/mol. The summed E-state index contributed by atoms with van der Waals surface area (Å²) in [4.78, 5) is 16.1. The molecule has 1 saturated heterocycles. The highest BCUT2D eigenvalue weighted by molar-refractivity contribution is 5.92. The van der Waals surface area contributed by atoms with Gasteiger partial charge in [0.2, 0.25) is 5.91 Å². The second-order valence-corrected chi connectivity index (χ2v) is 5.54. The zero-order valence-corrected chi connectivity index (χ0v) is 12.1. The summed E-state index contributed by atoms with van der Waals surface area (Å²) in [6, 6.07) is 9.84. The van der Waals surface area contributed by atoms with Crippen LogP contribution in [-0.4, -0.2) is 60.1 Å². The van der Waals surface area contributed by atoms with E-state index in [4.69, 9.17) is 0 Å². The molecule has 1 fully saturated rings. The Morgan fingerprint density at radius 3 is 2.75 bits per heavy atom. The summed E-state index contributed by atoms with van der Waals surface area (Å²) in [5.41, 5.74) is 1.00. The fourth-order valence-electron chi connectivity index (χ4n) is 2.58. The molecule has 2 unspecified atom stereocenters. The first-order valence-electron chi connectivity index (χ1n) is 6.93. The van der Waals surface area contributed by atoms with E-state index in [1.807, 2.05) is 55.4 Å². The van der Waals surface area contributed by atoms with Crippen LogP contribution in [0.4, 0.5) is 0 Å². The van der Waals surface area contributed by atoms with Crippen LogP contribution in [0.3, 0.4) is 0 Å². The van der Waals surface area contributed by atoms with Crippen molar-refractivity contribution in [2.24, 2.45) is 0 Å². The largest absolute Gasteiger partial charge is 0.391 e. The first-order valence-corrected chi connectivity index (χ1v) is 6.93. The maximum Gasteiger partial charge on any atom is 0.246 e. The molecule has 0 aromatic heterocycles. The standard InChI is InChI=1S/C16H22N2O2/c1-17(2)11-14-10-15(19)12-18(14)16(20)9-8-13-6-4-3-5-7-13/h3-9,14-15,19H,10-12H2,1-2H3. The van der Waals surface area contributed by atoms with Crippen molar-refractivity contribution in [3.63, 3.8) is 0 Å². The van der Waals surface area contributed by atoms with Gasteiger partial charge in [0.05, 0.1) is 6.10 Å². The molecule has 1 aliphatic rings. The molecule has 4 heteroatoms. The summed E-state index contributed by atoms with van der Waals surface area (Å²) >= 11 is 0. The molecule has 0 radical (unpaired) electrons. The van der Waals surface area contributed by atoms with Crippen LogP contribution in [0.25, 0.3) is 6.08 Å². The third-order valence-electron chi connectivity index (χ3n) is 3.47. The number of hydrogen-bond acceptors (Lipinski definition) is 3. The Labute approximate surface area is 120 Å². The average Bonchev–Trinajstić information content (AvgIpc) is 2.77. The monoisotopic (exact) mass is 274 g/mol. The number of aliphatic hydroxyl groups excluding tert-OH is 1. The van der Waals surface area contributed by atoms with E-state index in [1.54, 1.807) is 11.0 Å². The quantitative estimate of drug-likeness (QED) is 0.840. The number of amides is 1. The molecule has 1 aromatic rings. The minimum Gasteiger partial charge on any atom is -0.391 e. The summed E-state index contributed by atoms with van der Waals surface area (Å²) in [6.45, 7) is 1.21. The van der Waals surface area contributed by atoms with Gasteiger partial charge in [-0.05, 0) is 32.2 Å². The Kier molecular flexibility index (Phi) is 4.93. The molecule has 1 heterocycles. The molecular formula is C16H22N2O2. The number of likely N-dealkylation sites (N-methyl/N-ethyl adjacent to an activating group) is 1. The van der Waals surface area contributed by atoms with E-state index in [2.05, 4.69) is 0 Å². The highest BCUT2D eigenvalue weighted by Crippen LogP contribution is 2.19. The molecule has 0 aliphatic carbocycles. The molecule has 1 aromatic carbocycles. The highest BCUT2D eigenvalue weighted by atomic mass is 16.3. The van der Waals surface area contributed by atoms with Crippen LogP contribution >= 0.6 is 0 Å². The lowest BCUT2D eigenvalue weighted by Gasteiger charge is -2.25. The van der Waals surface area contributed by atoms with E-state index in [0.29, 0.717) is 13.0 Å². The van der Waals surface area contributed by atoms with Crippen LogP contribution in [0.1, 0.15) is 12.0 Å². The lowest BCUT2D eigenvalue weighted by molar-refractivity contribution is -0.127. The molecule has 2 atom stereocenters. The summed E-state index contributed by atoms with van der Waals surface area (Å²) in [6.07, 6.45) is 3.66. The van der Waals surface area contributed by atoms with Crippen LogP contribution in [0.15, 0.2) is 36.4 Å². The van der Waals surface area contributed by atoms with Gasteiger partial charge in [0.1, 0.15) is 0 Å². The van der Waals surface area contributed by atoms with Gasteiger partial charge < -0.3 is 14.9 Å². The number of rotatable bonds is 4. The molecule has 1 amide bonds. The van der Waals surface area contributed by atoms with E-state index >= 15 is 0 Å². The van der Waals surface area contributed by atoms with Crippen molar-refractivity contribution in [3.8, 4) is 0 Å². The topological polar surface area (TPSA) is 43.8 Å². The number of nitrogens with zero attached hydrogens (tertiary/aromatic N) is 2. The average molecular weight is 274 g/mol. The molecule has 108 valence electrons. The summed E-state index contributed by atoms with van der Waals surface area (Å²) in [7, 11) is 3.96. The first kappa shape index (κ1) is 14.8. The number of carbonyl (C=O) groups excluding carboxylic acids is 1. The molecule has 1 aliphatic heterocycles. The molecule has 2 rings (SSSR count). The maximum atomic E-state index is 12.3. The Morgan fingerprint density at radius 1 is 1.40 bits per heavy atom. The second kappa shape index (κ2) is 6.68. The van der Waals surface area contributed by atoms with E-state index in [1.165, 1.54) is 0 Å². The summed E-state index contributed by atoms with van der Waals surface area (Å²) < 4.78 is 0. The number of carbonyl (C=O) groups is 1. The normalized spacial score (nSPS) is 22.9. The molecular weight excluding hydrogens is 252 g/mol. The predicted octanol–water partition coefficient (Wildman–Crippen LogP) is 1.22. The van der Waals surface area contributed by atoms with Crippen molar-refractivity contribution in [2.45, 2.75) is 18.6 Å². The third-order valence-corrected chi connectivity index (χ3v) is 3.47. The van der Waals surface area contributed by atoms with E-state index in [-0.39, 0.29) is 11.9 Å². The second-order valence-electron chi connectivity index (χ2n) is 5.54. The Bertz CT molecular complexity index is 471. The molecule has 4 nitrogen and oxygen atoms in total. The summed E-state index contributed by atoms with van der Waals surface area (Å²) in [5, 5.41) is 9.78. The van der Waals surface area contributed by atoms with Gasteiger partial charge in [-0.15, -0.1) is 0 Å². The van der Waals surface area contributed by atoms with Crippen molar-refractivity contribution < 1.29 is 9.90 Å². The van der Waals surface area contributed by atoms with E-state index in [0.717, 1.165) is 12.1 Å².